The Labute approximate surface area is 177 Å². The SMILES string of the molecule is CCNC(=NCCCN1CC(C)CC(C)C1)NCCN1CCOCC1.I. The molecule has 6 nitrogen and oxygen atoms in total. The van der Waals surface area contributed by atoms with Crippen LogP contribution in [0.15, 0.2) is 4.99 Å². The van der Waals surface area contributed by atoms with Crippen molar-refractivity contribution in [2.24, 2.45) is 16.8 Å². The van der Waals surface area contributed by atoms with Crippen molar-refractivity contribution >= 4 is 29.9 Å². The minimum atomic E-state index is 0. The van der Waals surface area contributed by atoms with E-state index in [1.54, 1.807) is 0 Å². The lowest BCUT2D eigenvalue weighted by atomic mass is 9.92. The highest BCUT2D eigenvalue weighted by atomic mass is 127. The number of nitrogens with zero attached hydrogens (tertiary/aromatic N) is 3. The second kappa shape index (κ2) is 14.0. The van der Waals surface area contributed by atoms with Crippen molar-refractivity contribution in [3.8, 4) is 0 Å². The van der Waals surface area contributed by atoms with Crippen LogP contribution in [-0.4, -0.2) is 87.9 Å². The van der Waals surface area contributed by atoms with E-state index in [4.69, 9.17) is 9.73 Å². The molecule has 0 saturated carbocycles. The molecule has 154 valence electrons. The maximum Gasteiger partial charge on any atom is 0.191 e. The van der Waals surface area contributed by atoms with Crippen LogP contribution < -0.4 is 10.6 Å². The van der Waals surface area contributed by atoms with Crippen molar-refractivity contribution in [3.05, 3.63) is 0 Å². The smallest absolute Gasteiger partial charge is 0.191 e. The highest BCUT2D eigenvalue weighted by Crippen LogP contribution is 2.20. The lowest BCUT2D eigenvalue weighted by Crippen LogP contribution is -2.44. The Hall–Kier alpha value is -0.120. The van der Waals surface area contributed by atoms with Crippen LogP contribution in [0.2, 0.25) is 0 Å². The molecule has 2 atom stereocenters. The lowest BCUT2D eigenvalue weighted by molar-refractivity contribution is 0.0389. The zero-order valence-corrected chi connectivity index (χ0v) is 19.3. The summed E-state index contributed by atoms with van der Waals surface area (Å²) in [5, 5.41) is 6.82. The van der Waals surface area contributed by atoms with Gasteiger partial charge in [0.2, 0.25) is 0 Å². The van der Waals surface area contributed by atoms with Crippen LogP contribution in [0.3, 0.4) is 0 Å². The van der Waals surface area contributed by atoms with Crippen LogP contribution in [0.5, 0.6) is 0 Å². The van der Waals surface area contributed by atoms with Crippen LogP contribution >= 0.6 is 24.0 Å². The van der Waals surface area contributed by atoms with E-state index in [2.05, 4.69) is 41.2 Å². The number of halogens is 1. The summed E-state index contributed by atoms with van der Waals surface area (Å²) in [6.07, 6.45) is 2.52. The summed E-state index contributed by atoms with van der Waals surface area (Å²) < 4.78 is 5.39. The number of hydrogen-bond donors (Lipinski definition) is 2. The Morgan fingerprint density at radius 1 is 1.04 bits per heavy atom. The molecule has 2 aliphatic heterocycles. The number of likely N-dealkylation sites (tertiary alicyclic amines) is 1. The topological polar surface area (TPSA) is 52.1 Å². The molecule has 0 amide bonds. The van der Waals surface area contributed by atoms with Crippen LogP contribution in [0, 0.1) is 11.8 Å². The predicted octanol–water partition coefficient (Wildman–Crippen LogP) is 1.86. The molecular formula is C19H40IN5O. The average molecular weight is 481 g/mol. The summed E-state index contributed by atoms with van der Waals surface area (Å²) in [5.41, 5.74) is 0. The summed E-state index contributed by atoms with van der Waals surface area (Å²) in [6, 6.07) is 0. The fourth-order valence-electron chi connectivity index (χ4n) is 3.96. The first kappa shape index (κ1) is 23.9. The molecule has 0 aliphatic carbocycles. The van der Waals surface area contributed by atoms with Crippen molar-refractivity contribution < 1.29 is 4.74 Å². The summed E-state index contributed by atoms with van der Waals surface area (Å²) in [7, 11) is 0. The third kappa shape index (κ3) is 9.71. The quantitative estimate of drug-likeness (QED) is 0.240. The van der Waals surface area contributed by atoms with Gasteiger partial charge in [0.25, 0.3) is 0 Å². The Kier molecular flexibility index (Phi) is 12.8. The molecule has 0 radical (unpaired) electrons. The Morgan fingerprint density at radius 2 is 1.73 bits per heavy atom. The van der Waals surface area contributed by atoms with Gasteiger partial charge in [-0.05, 0) is 38.1 Å². The van der Waals surface area contributed by atoms with Crippen LogP contribution in [-0.2, 0) is 4.74 Å². The maximum atomic E-state index is 5.39. The van der Waals surface area contributed by atoms with Gasteiger partial charge in [-0.3, -0.25) is 9.89 Å². The Bertz CT molecular complexity index is 380. The molecule has 2 unspecified atom stereocenters. The van der Waals surface area contributed by atoms with E-state index >= 15 is 0 Å². The molecule has 2 heterocycles. The zero-order valence-electron chi connectivity index (χ0n) is 17.0. The van der Waals surface area contributed by atoms with E-state index in [1.807, 2.05) is 0 Å². The molecule has 0 aromatic rings. The molecule has 2 fully saturated rings. The first-order valence-corrected chi connectivity index (χ1v) is 10.2. The standard InChI is InChI=1S/C19H39N5O.HI/c1-4-20-19(22-7-9-23-10-12-25-13-11-23)21-6-5-8-24-15-17(2)14-18(3)16-24;/h17-18H,4-16H2,1-3H3,(H2,20,21,22);1H. The van der Waals surface area contributed by atoms with Crippen LogP contribution in [0.25, 0.3) is 0 Å². The molecule has 2 aliphatic rings. The number of rotatable bonds is 8. The van der Waals surface area contributed by atoms with Crippen molar-refractivity contribution in [2.75, 3.05) is 72.1 Å². The van der Waals surface area contributed by atoms with Gasteiger partial charge in [-0.25, -0.2) is 0 Å². The predicted molar refractivity (Wildman–Crippen MR) is 121 cm³/mol. The number of piperidine rings is 1. The minimum absolute atomic E-state index is 0. The summed E-state index contributed by atoms with van der Waals surface area (Å²) >= 11 is 0. The largest absolute Gasteiger partial charge is 0.379 e. The second-order valence-corrected chi connectivity index (χ2v) is 7.70. The van der Waals surface area contributed by atoms with E-state index in [-0.39, 0.29) is 24.0 Å². The number of hydrogen-bond acceptors (Lipinski definition) is 4. The maximum absolute atomic E-state index is 5.39. The molecular weight excluding hydrogens is 441 g/mol. The van der Waals surface area contributed by atoms with E-state index in [9.17, 15) is 0 Å². The molecule has 0 aromatic heterocycles. The third-order valence-corrected chi connectivity index (χ3v) is 5.02. The molecule has 2 saturated heterocycles. The van der Waals surface area contributed by atoms with Crippen molar-refractivity contribution in [1.29, 1.82) is 0 Å². The molecule has 26 heavy (non-hydrogen) atoms. The highest BCUT2D eigenvalue weighted by molar-refractivity contribution is 14.0. The summed E-state index contributed by atoms with van der Waals surface area (Å²) in [5.74, 6) is 2.63. The minimum Gasteiger partial charge on any atom is -0.379 e. The molecule has 0 spiro atoms. The first-order chi connectivity index (χ1) is 12.2. The average Bonchev–Trinajstić information content (AvgIpc) is 2.59. The summed E-state index contributed by atoms with van der Waals surface area (Å²) in [4.78, 5) is 9.80. The molecule has 0 bridgehead atoms. The first-order valence-electron chi connectivity index (χ1n) is 10.2. The van der Waals surface area contributed by atoms with Crippen molar-refractivity contribution in [2.45, 2.75) is 33.6 Å². The van der Waals surface area contributed by atoms with Crippen molar-refractivity contribution in [3.63, 3.8) is 0 Å². The van der Waals surface area contributed by atoms with Gasteiger partial charge < -0.3 is 20.3 Å². The number of morpholine rings is 1. The number of aliphatic imine (C=N–C) groups is 1. The fraction of sp³-hybridized carbons (Fsp3) is 0.947. The number of guanidine groups is 1. The van der Waals surface area contributed by atoms with Gasteiger partial charge in [-0.1, -0.05) is 13.8 Å². The van der Waals surface area contributed by atoms with E-state index in [0.717, 1.165) is 76.7 Å². The van der Waals surface area contributed by atoms with Crippen LogP contribution in [0.1, 0.15) is 33.6 Å². The molecule has 2 rings (SSSR count). The van der Waals surface area contributed by atoms with Gasteiger partial charge in [-0.2, -0.15) is 0 Å². The van der Waals surface area contributed by atoms with Gasteiger partial charge in [-0.15, -0.1) is 24.0 Å². The monoisotopic (exact) mass is 481 g/mol. The van der Waals surface area contributed by atoms with Crippen molar-refractivity contribution in [1.82, 2.24) is 20.4 Å². The van der Waals surface area contributed by atoms with E-state index < -0.39 is 0 Å². The Balaban J connectivity index is 0.00000338. The van der Waals surface area contributed by atoms with E-state index in [0.29, 0.717) is 0 Å². The highest BCUT2D eigenvalue weighted by Gasteiger charge is 2.20. The zero-order chi connectivity index (χ0) is 17.9. The molecule has 7 heteroatoms. The van der Waals surface area contributed by atoms with Gasteiger partial charge in [0.1, 0.15) is 0 Å². The number of ether oxygens (including phenoxy) is 1. The molecule has 0 aromatic carbocycles. The lowest BCUT2D eigenvalue weighted by Gasteiger charge is -2.34. The van der Waals surface area contributed by atoms with Gasteiger partial charge in [0, 0.05) is 52.4 Å². The fourth-order valence-corrected chi connectivity index (χ4v) is 3.96. The summed E-state index contributed by atoms with van der Waals surface area (Å²) in [6.45, 7) is 18.2. The number of nitrogens with one attached hydrogen (secondary N) is 2. The third-order valence-electron chi connectivity index (χ3n) is 5.02. The van der Waals surface area contributed by atoms with Gasteiger partial charge >= 0.3 is 0 Å². The normalized spacial score (nSPS) is 25.6. The second-order valence-electron chi connectivity index (χ2n) is 7.70. The van der Waals surface area contributed by atoms with Crippen LogP contribution in [0.4, 0.5) is 0 Å². The van der Waals surface area contributed by atoms with Gasteiger partial charge in [0.15, 0.2) is 5.96 Å². The Morgan fingerprint density at radius 3 is 2.38 bits per heavy atom. The van der Waals surface area contributed by atoms with Gasteiger partial charge in [0.05, 0.1) is 13.2 Å². The molecule has 2 N–H and O–H groups in total. The van der Waals surface area contributed by atoms with E-state index in [1.165, 1.54) is 26.1 Å².